The van der Waals surface area contributed by atoms with E-state index in [0.717, 1.165) is 10.5 Å². The fourth-order valence-corrected chi connectivity index (χ4v) is 4.75. The topological polar surface area (TPSA) is 157 Å². The molecule has 0 aromatic heterocycles. The number of aryl methyl sites for hydroxylation is 1. The van der Waals surface area contributed by atoms with Crippen molar-refractivity contribution in [1.82, 2.24) is 4.90 Å². The summed E-state index contributed by atoms with van der Waals surface area (Å²) in [7, 11) is 1.39. The molecular formula is C28H23ClN4O8S. The molecule has 1 fully saturated rings. The van der Waals surface area contributed by atoms with Crippen LogP contribution in [0, 0.1) is 17.0 Å². The van der Waals surface area contributed by atoms with Crippen LogP contribution in [0.2, 0.25) is 5.02 Å². The average molecular weight is 611 g/mol. The molecule has 0 aliphatic carbocycles. The number of non-ortho nitro benzene ring substituents is 1. The number of thioether (sulfide) groups is 1. The van der Waals surface area contributed by atoms with Gasteiger partial charge in [-0.2, -0.15) is 0 Å². The normalized spacial score (nSPS) is 13.7. The lowest BCUT2D eigenvalue weighted by Crippen LogP contribution is -2.36. The molecule has 4 amide bonds. The van der Waals surface area contributed by atoms with Crippen LogP contribution in [-0.4, -0.2) is 53.0 Å². The van der Waals surface area contributed by atoms with Crippen LogP contribution in [0.4, 0.5) is 21.9 Å². The van der Waals surface area contributed by atoms with Gasteiger partial charge in [0.05, 0.1) is 16.9 Å². The Balaban J connectivity index is 1.37. The Morgan fingerprint density at radius 3 is 2.48 bits per heavy atom. The van der Waals surface area contributed by atoms with Crippen molar-refractivity contribution in [3.05, 3.63) is 91.8 Å². The van der Waals surface area contributed by atoms with E-state index in [0.29, 0.717) is 28.0 Å². The Hall–Kier alpha value is -4.88. The number of carbonyl (C=O) groups is 4. The third-order valence-electron chi connectivity index (χ3n) is 5.82. The number of halogens is 1. The lowest BCUT2D eigenvalue weighted by molar-refractivity contribution is -0.384. The summed E-state index contributed by atoms with van der Waals surface area (Å²) >= 11 is 6.78. The van der Waals surface area contributed by atoms with Crippen LogP contribution < -0.4 is 20.1 Å². The minimum absolute atomic E-state index is 0.109. The highest BCUT2D eigenvalue weighted by atomic mass is 35.5. The molecule has 0 saturated carbocycles. The number of anilines is 2. The number of nitro benzene ring substituents is 1. The van der Waals surface area contributed by atoms with Gasteiger partial charge in [0.15, 0.2) is 18.1 Å². The van der Waals surface area contributed by atoms with Gasteiger partial charge < -0.3 is 20.1 Å². The number of ether oxygens (including phenoxy) is 2. The Kier molecular flexibility index (Phi) is 9.45. The summed E-state index contributed by atoms with van der Waals surface area (Å²) in [6.07, 6.45) is 1.48. The molecule has 1 aliphatic rings. The molecule has 3 aromatic rings. The number of amides is 4. The van der Waals surface area contributed by atoms with E-state index in [9.17, 15) is 29.3 Å². The molecule has 12 nitrogen and oxygen atoms in total. The Morgan fingerprint density at radius 1 is 1.02 bits per heavy atom. The van der Waals surface area contributed by atoms with Gasteiger partial charge in [-0.05, 0) is 66.2 Å². The van der Waals surface area contributed by atoms with Gasteiger partial charge in [0.25, 0.3) is 22.7 Å². The number of hydrogen-bond acceptors (Lipinski definition) is 9. The molecule has 0 spiro atoms. The van der Waals surface area contributed by atoms with Crippen molar-refractivity contribution >= 4 is 69.5 Å². The number of hydrogen-bond donors (Lipinski definition) is 2. The molecule has 0 unspecified atom stereocenters. The van der Waals surface area contributed by atoms with E-state index >= 15 is 0 Å². The van der Waals surface area contributed by atoms with Crippen molar-refractivity contribution in [1.29, 1.82) is 0 Å². The van der Waals surface area contributed by atoms with E-state index in [4.69, 9.17) is 21.1 Å². The average Bonchev–Trinajstić information content (AvgIpc) is 3.21. The van der Waals surface area contributed by atoms with Crippen molar-refractivity contribution in [2.24, 2.45) is 0 Å². The van der Waals surface area contributed by atoms with Gasteiger partial charge in [0, 0.05) is 28.5 Å². The second kappa shape index (κ2) is 13.2. The van der Waals surface area contributed by atoms with Gasteiger partial charge in [-0.1, -0.05) is 29.8 Å². The number of benzene rings is 3. The van der Waals surface area contributed by atoms with Gasteiger partial charge in [0.2, 0.25) is 5.91 Å². The summed E-state index contributed by atoms with van der Waals surface area (Å²) in [4.78, 5) is 61.5. The van der Waals surface area contributed by atoms with Crippen LogP contribution in [0.5, 0.6) is 11.5 Å². The first-order valence-corrected chi connectivity index (χ1v) is 13.4. The number of nitrogens with one attached hydrogen (secondary N) is 2. The number of imide groups is 1. The molecule has 14 heteroatoms. The van der Waals surface area contributed by atoms with Crippen LogP contribution in [0.15, 0.2) is 65.6 Å². The fourth-order valence-electron chi connectivity index (χ4n) is 3.73. The van der Waals surface area contributed by atoms with E-state index in [-0.39, 0.29) is 27.8 Å². The smallest absolute Gasteiger partial charge is 0.294 e. The number of methoxy groups -OCH3 is 1. The minimum Gasteiger partial charge on any atom is -0.493 e. The maximum atomic E-state index is 12.9. The summed E-state index contributed by atoms with van der Waals surface area (Å²) < 4.78 is 10.9. The molecule has 1 aliphatic heterocycles. The highest BCUT2D eigenvalue weighted by molar-refractivity contribution is 8.18. The number of nitro groups is 1. The standard InChI is InChI=1S/C28H23ClN4O8S/c1-16-6-8-19(13-21(16)29)30-25(34)14-32-27(36)24(42-28(32)37)11-17-7-9-22(23(10-17)40-2)41-15-26(35)31-18-4-3-5-20(12-18)33(38)39/h3-13H,14-15H2,1-2H3,(H,30,34)(H,31,35)/b24-11-. The second-order valence-electron chi connectivity index (χ2n) is 8.83. The molecule has 4 rings (SSSR count). The molecule has 1 saturated heterocycles. The van der Waals surface area contributed by atoms with Gasteiger partial charge in [-0.3, -0.25) is 34.2 Å². The monoisotopic (exact) mass is 610 g/mol. The summed E-state index contributed by atoms with van der Waals surface area (Å²) in [6.45, 7) is 0.941. The molecule has 42 heavy (non-hydrogen) atoms. The van der Waals surface area contributed by atoms with Crippen LogP contribution in [-0.2, 0) is 14.4 Å². The Labute approximate surface area is 248 Å². The van der Waals surface area contributed by atoms with Crippen molar-refractivity contribution in [2.45, 2.75) is 6.92 Å². The molecule has 2 N–H and O–H groups in total. The Morgan fingerprint density at radius 2 is 1.76 bits per heavy atom. The maximum Gasteiger partial charge on any atom is 0.294 e. The molecule has 1 heterocycles. The fraction of sp³-hybridized carbons (Fsp3) is 0.143. The molecule has 3 aromatic carbocycles. The lowest BCUT2D eigenvalue weighted by Gasteiger charge is -2.13. The van der Waals surface area contributed by atoms with E-state index in [1.54, 1.807) is 30.3 Å². The first-order chi connectivity index (χ1) is 20.0. The predicted molar refractivity (Wildman–Crippen MR) is 158 cm³/mol. The van der Waals surface area contributed by atoms with Crippen molar-refractivity contribution in [3.8, 4) is 11.5 Å². The molecule has 0 radical (unpaired) electrons. The first kappa shape index (κ1) is 30.1. The summed E-state index contributed by atoms with van der Waals surface area (Å²) in [5.74, 6) is -1.26. The largest absolute Gasteiger partial charge is 0.493 e. The molecule has 0 atom stereocenters. The van der Waals surface area contributed by atoms with E-state index in [1.165, 1.54) is 43.5 Å². The quantitative estimate of drug-likeness (QED) is 0.177. The highest BCUT2D eigenvalue weighted by Gasteiger charge is 2.36. The lowest BCUT2D eigenvalue weighted by atomic mass is 10.2. The van der Waals surface area contributed by atoms with Gasteiger partial charge >= 0.3 is 0 Å². The van der Waals surface area contributed by atoms with E-state index in [2.05, 4.69) is 10.6 Å². The van der Waals surface area contributed by atoms with Crippen molar-refractivity contribution in [3.63, 3.8) is 0 Å². The van der Waals surface area contributed by atoms with Gasteiger partial charge in [0.1, 0.15) is 6.54 Å². The van der Waals surface area contributed by atoms with Crippen molar-refractivity contribution < 1.29 is 33.6 Å². The number of nitrogens with zero attached hydrogens (tertiary/aromatic N) is 2. The number of rotatable bonds is 10. The SMILES string of the molecule is COc1cc(/C=C2\SC(=O)N(CC(=O)Nc3ccc(C)c(Cl)c3)C2=O)ccc1OCC(=O)Nc1cccc([N+](=O)[O-])c1. The minimum atomic E-state index is -0.626. The third-order valence-corrected chi connectivity index (χ3v) is 7.13. The number of carbonyl (C=O) groups excluding carboxylic acids is 4. The summed E-state index contributed by atoms with van der Waals surface area (Å²) in [6, 6.07) is 15.1. The third kappa shape index (κ3) is 7.44. The Bertz CT molecular complexity index is 1630. The first-order valence-electron chi connectivity index (χ1n) is 12.2. The van der Waals surface area contributed by atoms with E-state index in [1.807, 2.05) is 6.92 Å². The summed E-state index contributed by atoms with van der Waals surface area (Å²) in [5, 5.41) is 15.9. The zero-order valence-corrected chi connectivity index (χ0v) is 23.8. The van der Waals surface area contributed by atoms with Gasteiger partial charge in [-0.25, -0.2) is 0 Å². The van der Waals surface area contributed by atoms with Crippen LogP contribution >= 0.6 is 23.4 Å². The predicted octanol–water partition coefficient (Wildman–Crippen LogP) is 5.26. The van der Waals surface area contributed by atoms with Crippen LogP contribution in [0.1, 0.15) is 11.1 Å². The zero-order chi connectivity index (χ0) is 30.4. The maximum absolute atomic E-state index is 12.9. The zero-order valence-electron chi connectivity index (χ0n) is 22.2. The van der Waals surface area contributed by atoms with Crippen LogP contribution in [0.3, 0.4) is 0 Å². The molecule has 0 bridgehead atoms. The van der Waals surface area contributed by atoms with Crippen LogP contribution in [0.25, 0.3) is 6.08 Å². The second-order valence-corrected chi connectivity index (χ2v) is 10.2. The molecular weight excluding hydrogens is 588 g/mol. The highest BCUT2D eigenvalue weighted by Crippen LogP contribution is 2.34. The summed E-state index contributed by atoms with van der Waals surface area (Å²) in [5.41, 5.74) is 1.86. The van der Waals surface area contributed by atoms with Gasteiger partial charge in [-0.15, -0.1) is 0 Å². The molecule has 216 valence electrons. The van der Waals surface area contributed by atoms with Crippen molar-refractivity contribution in [2.75, 3.05) is 30.9 Å². The van der Waals surface area contributed by atoms with E-state index < -0.39 is 41.0 Å².